The lowest BCUT2D eigenvalue weighted by atomic mass is 10.0. The average Bonchev–Trinajstić information content (AvgIpc) is 3.53. The molecular weight excluding hydrogens is 591 g/mol. The van der Waals surface area contributed by atoms with Crippen LogP contribution in [-0.4, -0.2) is 105 Å². The van der Waals surface area contributed by atoms with Crippen molar-refractivity contribution in [2.24, 2.45) is 0 Å². The summed E-state index contributed by atoms with van der Waals surface area (Å²) in [7, 11) is -3.03. The molecule has 2 saturated heterocycles. The molecule has 0 radical (unpaired) electrons. The Labute approximate surface area is 253 Å². The molecule has 0 saturated carbocycles. The highest BCUT2D eigenvalue weighted by Crippen LogP contribution is 2.34. The van der Waals surface area contributed by atoms with Crippen molar-refractivity contribution < 1.29 is 38.6 Å². The van der Waals surface area contributed by atoms with Crippen LogP contribution in [0, 0.1) is 0 Å². The molecule has 0 spiro atoms. The quantitative estimate of drug-likeness (QED) is 0.266. The second-order valence-corrected chi connectivity index (χ2v) is 12.1. The number of carboxylic acid groups (broad SMARTS) is 1. The first kappa shape index (κ1) is 31.1. The number of hydrogen-bond donors (Lipinski definition) is 4. The van der Waals surface area contributed by atoms with Crippen molar-refractivity contribution >= 4 is 36.6 Å². The minimum atomic E-state index is -4.67. The van der Waals surface area contributed by atoms with Crippen molar-refractivity contribution in [1.29, 1.82) is 0 Å². The van der Waals surface area contributed by atoms with Crippen LogP contribution >= 0.6 is 7.60 Å². The number of ether oxygens (including phenoxy) is 1. The summed E-state index contributed by atoms with van der Waals surface area (Å²) in [5.41, 5.74) is 0.836. The summed E-state index contributed by atoms with van der Waals surface area (Å²) < 4.78 is 17.5. The van der Waals surface area contributed by atoms with Gasteiger partial charge in [-0.15, -0.1) is 0 Å². The van der Waals surface area contributed by atoms with E-state index < -0.39 is 31.5 Å². The van der Waals surface area contributed by atoms with Gasteiger partial charge >= 0.3 is 13.7 Å². The van der Waals surface area contributed by atoms with Crippen LogP contribution in [0.5, 0.6) is 0 Å². The number of aromatic nitrogens is 2. The van der Waals surface area contributed by atoms with Gasteiger partial charge in [0.15, 0.2) is 5.82 Å². The summed E-state index contributed by atoms with van der Waals surface area (Å²) in [6, 6.07) is 14.7. The number of benzene rings is 2. The molecule has 232 valence electrons. The Hall–Kier alpha value is -4.36. The van der Waals surface area contributed by atoms with E-state index in [9.17, 15) is 33.8 Å². The van der Waals surface area contributed by atoms with E-state index in [4.69, 9.17) is 9.72 Å². The molecule has 5 rings (SSSR count). The highest BCUT2D eigenvalue weighted by molar-refractivity contribution is 7.60. The van der Waals surface area contributed by atoms with Gasteiger partial charge in [0.2, 0.25) is 5.91 Å². The van der Waals surface area contributed by atoms with Crippen LogP contribution in [-0.2, 0) is 14.1 Å². The average molecular weight is 625 g/mol. The van der Waals surface area contributed by atoms with Gasteiger partial charge in [0.05, 0.1) is 11.4 Å². The molecule has 2 aliphatic heterocycles. The van der Waals surface area contributed by atoms with Gasteiger partial charge in [-0.3, -0.25) is 14.2 Å². The van der Waals surface area contributed by atoms with Gasteiger partial charge in [-0.1, -0.05) is 42.5 Å². The van der Waals surface area contributed by atoms with Crippen molar-refractivity contribution in [2.75, 3.05) is 51.3 Å². The van der Waals surface area contributed by atoms with E-state index >= 15 is 0 Å². The zero-order chi connectivity index (χ0) is 31.4. The van der Waals surface area contributed by atoms with Crippen molar-refractivity contribution in [3.8, 4) is 11.4 Å². The Morgan fingerprint density at radius 1 is 0.955 bits per heavy atom. The van der Waals surface area contributed by atoms with E-state index in [1.165, 1.54) is 34.1 Å². The van der Waals surface area contributed by atoms with E-state index in [1.54, 1.807) is 13.2 Å². The third-order valence-corrected chi connectivity index (χ3v) is 8.65. The number of anilines is 1. The maximum Gasteiger partial charge on any atom is 0.407 e. The Bertz CT molecular complexity index is 1580. The van der Waals surface area contributed by atoms with E-state index in [-0.39, 0.29) is 48.8 Å². The SMILES string of the molecule is CO[C@H]1CCN(c2cc(C(=O)NC(C(=O)N3CCN(C(=O)O)CC3)c3cccc(P(=O)(O)O)c3)nc(-c3ccccc3)n2)C1. The lowest BCUT2D eigenvalue weighted by molar-refractivity contribution is -0.135. The molecule has 0 aliphatic carbocycles. The maximum atomic E-state index is 13.9. The first-order chi connectivity index (χ1) is 21.0. The zero-order valence-corrected chi connectivity index (χ0v) is 24.8. The molecule has 2 fully saturated rings. The fourth-order valence-corrected chi connectivity index (χ4v) is 5.83. The molecule has 3 amide bonds. The molecule has 3 heterocycles. The van der Waals surface area contributed by atoms with Crippen LogP contribution in [0.1, 0.15) is 28.5 Å². The molecule has 14 nitrogen and oxygen atoms in total. The number of carbonyl (C=O) groups excluding carboxylic acids is 2. The lowest BCUT2D eigenvalue weighted by Crippen LogP contribution is -2.53. The summed E-state index contributed by atoms with van der Waals surface area (Å²) >= 11 is 0. The Morgan fingerprint density at radius 2 is 1.66 bits per heavy atom. The van der Waals surface area contributed by atoms with Crippen LogP contribution in [0.2, 0.25) is 0 Å². The van der Waals surface area contributed by atoms with E-state index in [0.29, 0.717) is 30.3 Å². The van der Waals surface area contributed by atoms with E-state index in [1.807, 2.05) is 35.2 Å². The molecule has 2 aromatic carbocycles. The first-order valence-electron chi connectivity index (χ1n) is 14.0. The van der Waals surface area contributed by atoms with Gasteiger partial charge in [0.25, 0.3) is 5.91 Å². The van der Waals surface area contributed by atoms with Crippen LogP contribution in [0.4, 0.5) is 10.6 Å². The normalized spacial score (nSPS) is 17.8. The van der Waals surface area contributed by atoms with Gasteiger partial charge in [-0.25, -0.2) is 14.8 Å². The van der Waals surface area contributed by atoms with Crippen LogP contribution in [0.25, 0.3) is 11.4 Å². The summed E-state index contributed by atoms with van der Waals surface area (Å²) in [5.74, 6) is -0.422. The number of methoxy groups -OCH3 is 1. The third kappa shape index (κ3) is 7.05. The minimum Gasteiger partial charge on any atom is -0.465 e. The lowest BCUT2D eigenvalue weighted by Gasteiger charge is -2.35. The van der Waals surface area contributed by atoms with Crippen LogP contribution < -0.4 is 15.5 Å². The fourth-order valence-electron chi connectivity index (χ4n) is 5.24. The van der Waals surface area contributed by atoms with Gasteiger partial charge in [0, 0.05) is 58.0 Å². The van der Waals surface area contributed by atoms with Crippen molar-refractivity contribution in [3.05, 3.63) is 71.9 Å². The molecule has 2 aliphatic rings. The van der Waals surface area contributed by atoms with E-state index in [0.717, 1.165) is 6.42 Å². The number of nitrogens with zero attached hydrogens (tertiary/aromatic N) is 5. The van der Waals surface area contributed by atoms with E-state index in [2.05, 4.69) is 10.3 Å². The van der Waals surface area contributed by atoms with Crippen LogP contribution in [0.15, 0.2) is 60.7 Å². The molecule has 1 aromatic heterocycles. The summed E-state index contributed by atoms with van der Waals surface area (Å²) in [5, 5.41) is 11.7. The molecule has 2 atom stereocenters. The van der Waals surface area contributed by atoms with Gasteiger partial charge in [0.1, 0.15) is 17.6 Å². The topological polar surface area (TPSA) is 186 Å². The molecule has 0 bridgehead atoms. The molecule has 15 heteroatoms. The molecule has 4 N–H and O–H groups in total. The summed E-state index contributed by atoms with van der Waals surface area (Å²) in [6.07, 6.45) is -0.308. The van der Waals surface area contributed by atoms with Gasteiger partial charge in [-0.05, 0) is 24.1 Å². The molecule has 44 heavy (non-hydrogen) atoms. The molecule has 3 aromatic rings. The van der Waals surface area contributed by atoms with Crippen molar-refractivity contribution in [2.45, 2.75) is 18.6 Å². The number of piperazine rings is 1. The second-order valence-electron chi connectivity index (χ2n) is 10.5. The highest BCUT2D eigenvalue weighted by atomic mass is 31.2. The highest BCUT2D eigenvalue weighted by Gasteiger charge is 2.33. The Kier molecular flexibility index (Phi) is 9.25. The van der Waals surface area contributed by atoms with Crippen molar-refractivity contribution in [3.63, 3.8) is 0 Å². The number of carbonyl (C=O) groups is 3. The van der Waals surface area contributed by atoms with Crippen LogP contribution in [0.3, 0.4) is 0 Å². The predicted molar refractivity (Wildman–Crippen MR) is 160 cm³/mol. The minimum absolute atomic E-state index is 0.00522. The number of nitrogens with one attached hydrogen (secondary N) is 1. The number of hydrogen-bond acceptors (Lipinski definition) is 8. The molecule has 1 unspecified atom stereocenters. The van der Waals surface area contributed by atoms with Gasteiger partial charge in [-0.2, -0.15) is 0 Å². The fraction of sp³-hybridized carbons (Fsp3) is 0.345. The third-order valence-electron chi connectivity index (χ3n) is 7.70. The predicted octanol–water partition coefficient (Wildman–Crippen LogP) is 1.47. The molecular formula is C29H33N6O8P. The second kappa shape index (κ2) is 13.1. The first-order valence-corrected chi connectivity index (χ1v) is 15.6. The largest absolute Gasteiger partial charge is 0.465 e. The Balaban J connectivity index is 1.49. The summed E-state index contributed by atoms with van der Waals surface area (Å²) in [6.45, 7) is 1.56. The standard InChI is InChI=1S/C29H33N6O8P/c1-43-21-10-11-35(18-21)24-17-23(30-26(31-24)19-6-3-2-4-7-19)27(36)32-25(20-8-5-9-22(16-20)44(40,41)42)28(37)33-12-14-34(15-13-33)29(38)39/h2-9,16-17,21,25H,10-15,18H2,1H3,(H,32,36)(H,38,39)(H2,40,41,42)/t21-,25?/m0/s1. The monoisotopic (exact) mass is 624 g/mol. The summed E-state index contributed by atoms with van der Waals surface area (Å²) in [4.78, 5) is 72.4. The smallest absolute Gasteiger partial charge is 0.407 e. The maximum absolute atomic E-state index is 13.9. The van der Waals surface area contributed by atoms with Crippen molar-refractivity contribution in [1.82, 2.24) is 25.1 Å². The Morgan fingerprint density at radius 3 is 2.30 bits per heavy atom. The van der Waals surface area contributed by atoms with Gasteiger partial charge < -0.3 is 39.6 Å². The zero-order valence-electron chi connectivity index (χ0n) is 23.9. The number of rotatable bonds is 8. The number of amides is 3.